The number of aromatic nitrogens is 2. The van der Waals surface area contributed by atoms with E-state index in [0.717, 1.165) is 30.5 Å². The lowest BCUT2D eigenvalue weighted by atomic mass is 9.79. The molecule has 0 radical (unpaired) electrons. The Morgan fingerprint density at radius 2 is 2.20 bits per heavy atom. The van der Waals surface area contributed by atoms with E-state index in [1.54, 1.807) is 13.2 Å². The second-order valence-electron chi connectivity index (χ2n) is 5.01. The SMILES string of the molecule is COC1(c2noc(/C=C/c3cccc(N)c3)n2)CCC1. The summed E-state index contributed by atoms with van der Waals surface area (Å²) in [6.45, 7) is 0. The molecule has 1 saturated carbocycles. The molecule has 5 heteroatoms. The first kappa shape index (κ1) is 12.9. The summed E-state index contributed by atoms with van der Waals surface area (Å²) >= 11 is 0. The molecule has 0 spiro atoms. The lowest BCUT2D eigenvalue weighted by molar-refractivity contribution is -0.0858. The zero-order valence-corrected chi connectivity index (χ0v) is 11.4. The van der Waals surface area contributed by atoms with Gasteiger partial charge in [-0.25, -0.2) is 0 Å². The Kier molecular flexibility index (Phi) is 3.28. The van der Waals surface area contributed by atoms with Gasteiger partial charge in [-0.15, -0.1) is 0 Å². The van der Waals surface area contributed by atoms with Crippen LogP contribution in [0.2, 0.25) is 0 Å². The summed E-state index contributed by atoms with van der Waals surface area (Å²) in [5, 5.41) is 4.02. The van der Waals surface area contributed by atoms with E-state index in [1.165, 1.54) is 0 Å². The monoisotopic (exact) mass is 271 g/mol. The number of anilines is 1. The third kappa shape index (κ3) is 2.32. The third-order valence-electron chi connectivity index (χ3n) is 3.73. The number of nitrogen functional groups attached to an aromatic ring is 1. The van der Waals surface area contributed by atoms with Crippen molar-refractivity contribution < 1.29 is 9.26 Å². The molecule has 1 aliphatic rings. The van der Waals surface area contributed by atoms with Crippen molar-refractivity contribution >= 4 is 17.8 Å². The van der Waals surface area contributed by atoms with Gasteiger partial charge in [0.1, 0.15) is 5.60 Å². The predicted molar refractivity (Wildman–Crippen MR) is 76.6 cm³/mol. The number of ether oxygens (including phenoxy) is 1. The number of benzene rings is 1. The van der Waals surface area contributed by atoms with E-state index in [9.17, 15) is 0 Å². The molecule has 0 aliphatic heterocycles. The molecule has 0 unspecified atom stereocenters. The molecule has 5 nitrogen and oxygen atoms in total. The molecule has 104 valence electrons. The van der Waals surface area contributed by atoms with Gasteiger partial charge >= 0.3 is 0 Å². The van der Waals surface area contributed by atoms with E-state index in [1.807, 2.05) is 30.3 Å². The van der Waals surface area contributed by atoms with Crippen molar-refractivity contribution in [1.82, 2.24) is 10.1 Å². The number of rotatable bonds is 4. The summed E-state index contributed by atoms with van der Waals surface area (Å²) in [6.07, 6.45) is 6.71. The van der Waals surface area contributed by atoms with Crippen LogP contribution in [0.25, 0.3) is 12.2 Å². The van der Waals surface area contributed by atoms with Crippen molar-refractivity contribution in [3.05, 3.63) is 41.5 Å². The number of hydrogen-bond acceptors (Lipinski definition) is 5. The van der Waals surface area contributed by atoms with Crippen molar-refractivity contribution in [1.29, 1.82) is 0 Å². The molecule has 0 saturated heterocycles. The Hall–Kier alpha value is -2.14. The van der Waals surface area contributed by atoms with Gasteiger partial charge in [-0.2, -0.15) is 4.98 Å². The van der Waals surface area contributed by atoms with Gasteiger partial charge in [0, 0.05) is 18.9 Å². The van der Waals surface area contributed by atoms with Crippen LogP contribution in [0.1, 0.15) is 36.5 Å². The first-order chi connectivity index (χ1) is 9.72. The van der Waals surface area contributed by atoms with E-state index < -0.39 is 0 Å². The van der Waals surface area contributed by atoms with Crippen LogP contribution in [0.3, 0.4) is 0 Å². The van der Waals surface area contributed by atoms with Gasteiger partial charge in [-0.05, 0) is 43.0 Å². The van der Waals surface area contributed by atoms with Crippen LogP contribution in [0.5, 0.6) is 0 Å². The van der Waals surface area contributed by atoms with Crippen LogP contribution < -0.4 is 5.73 Å². The number of nitrogens with zero attached hydrogens (tertiary/aromatic N) is 2. The molecule has 0 bridgehead atoms. The average Bonchev–Trinajstić information content (AvgIpc) is 2.85. The highest BCUT2D eigenvalue weighted by atomic mass is 16.5. The van der Waals surface area contributed by atoms with Gasteiger partial charge in [0.15, 0.2) is 0 Å². The summed E-state index contributed by atoms with van der Waals surface area (Å²) in [7, 11) is 1.69. The van der Waals surface area contributed by atoms with E-state index in [2.05, 4.69) is 10.1 Å². The van der Waals surface area contributed by atoms with Crippen molar-refractivity contribution in [2.45, 2.75) is 24.9 Å². The van der Waals surface area contributed by atoms with Gasteiger partial charge in [-0.3, -0.25) is 0 Å². The maximum atomic E-state index is 5.73. The standard InChI is InChI=1S/C15H17N3O2/c1-19-15(8-3-9-15)14-17-13(20-18-14)7-6-11-4-2-5-12(16)10-11/h2,4-7,10H,3,8-9,16H2,1H3/b7-6+. The topological polar surface area (TPSA) is 74.2 Å². The van der Waals surface area contributed by atoms with Crippen molar-refractivity contribution in [2.75, 3.05) is 12.8 Å². The van der Waals surface area contributed by atoms with E-state index in [0.29, 0.717) is 11.7 Å². The van der Waals surface area contributed by atoms with Gasteiger partial charge in [0.05, 0.1) is 0 Å². The van der Waals surface area contributed by atoms with Crippen LogP contribution in [-0.2, 0) is 10.3 Å². The van der Waals surface area contributed by atoms with Crippen LogP contribution in [-0.4, -0.2) is 17.3 Å². The van der Waals surface area contributed by atoms with Gasteiger partial charge in [0.25, 0.3) is 5.89 Å². The number of methoxy groups -OCH3 is 1. The lowest BCUT2D eigenvalue weighted by Crippen LogP contribution is -2.37. The molecule has 1 aromatic carbocycles. The predicted octanol–water partition coefficient (Wildman–Crippen LogP) is 2.85. The molecule has 2 aromatic rings. The van der Waals surface area contributed by atoms with Crippen LogP contribution in [0, 0.1) is 0 Å². The summed E-state index contributed by atoms with van der Waals surface area (Å²) in [5.41, 5.74) is 7.11. The van der Waals surface area contributed by atoms with Crippen LogP contribution in [0.15, 0.2) is 28.8 Å². The summed E-state index contributed by atoms with van der Waals surface area (Å²) in [5.74, 6) is 1.12. The molecule has 1 aliphatic carbocycles. The van der Waals surface area contributed by atoms with E-state index in [4.69, 9.17) is 15.0 Å². The second-order valence-corrected chi connectivity index (χ2v) is 5.01. The third-order valence-corrected chi connectivity index (χ3v) is 3.73. The fourth-order valence-corrected chi connectivity index (χ4v) is 2.34. The molecular weight excluding hydrogens is 254 g/mol. The number of hydrogen-bond donors (Lipinski definition) is 1. The maximum absolute atomic E-state index is 5.73. The molecular formula is C15H17N3O2. The number of nitrogens with two attached hydrogens (primary N) is 1. The summed E-state index contributed by atoms with van der Waals surface area (Å²) in [6, 6.07) is 7.60. The molecule has 1 fully saturated rings. The Morgan fingerprint density at radius 3 is 2.85 bits per heavy atom. The minimum atomic E-state index is -0.341. The normalized spacial score (nSPS) is 17.2. The van der Waals surface area contributed by atoms with E-state index >= 15 is 0 Å². The fourth-order valence-electron chi connectivity index (χ4n) is 2.34. The Morgan fingerprint density at radius 1 is 1.35 bits per heavy atom. The van der Waals surface area contributed by atoms with Crippen LogP contribution >= 0.6 is 0 Å². The average molecular weight is 271 g/mol. The molecule has 0 atom stereocenters. The zero-order chi connectivity index (χ0) is 14.0. The van der Waals surface area contributed by atoms with Gasteiger partial charge < -0.3 is 15.0 Å². The van der Waals surface area contributed by atoms with Crippen molar-refractivity contribution in [2.24, 2.45) is 0 Å². The smallest absolute Gasteiger partial charge is 0.250 e. The Balaban J connectivity index is 1.77. The Bertz CT molecular complexity index is 624. The molecule has 0 amide bonds. The summed E-state index contributed by atoms with van der Waals surface area (Å²) < 4.78 is 10.8. The Labute approximate surface area is 117 Å². The minimum absolute atomic E-state index is 0.341. The minimum Gasteiger partial charge on any atom is -0.399 e. The zero-order valence-electron chi connectivity index (χ0n) is 11.4. The lowest BCUT2D eigenvalue weighted by Gasteiger charge is -2.37. The van der Waals surface area contributed by atoms with Crippen molar-refractivity contribution in [3.63, 3.8) is 0 Å². The van der Waals surface area contributed by atoms with Crippen LogP contribution in [0.4, 0.5) is 5.69 Å². The molecule has 20 heavy (non-hydrogen) atoms. The fraction of sp³-hybridized carbons (Fsp3) is 0.333. The highest BCUT2D eigenvalue weighted by molar-refractivity contribution is 5.67. The quantitative estimate of drug-likeness (QED) is 0.865. The largest absolute Gasteiger partial charge is 0.399 e. The highest BCUT2D eigenvalue weighted by Crippen LogP contribution is 2.42. The second kappa shape index (κ2) is 5.09. The molecule has 3 rings (SSSR count). The first-order valence-electron chi connectivity index (χ1n) is 6.65. The summed E-state index contributed by atoms with van der Waals surface area (Å²) in [4.78, 5) is 4.39. The van der Waals surface area contributed by atoms with Gasteiger partial charge in [-0.1, -0.05) is 17.3 Å². The molecule has 1 aromatic heterocycles. The van der Waals surface area contributed by atoms with Crippen molar-refractivity contribution in [3.8, 4) is 0 Å². The molecule has 1 heterocycles. The van der Waals surface area contributed by atoms with E-state index in [-0.39, 0.29) is 5.60 Å². The molecule has 2 N–H and O–H groups in total. The van der Waals surface area contributed by atoms with Gasteiger partial charge in [0.2, 0.25) is 5.82 Å². The maximum Gasteiger partial charge on any atom is 0.250 e. The highest BCUT2D eigenvalue weighted by Gasteiger charge is 2.43. The first-order valence-corrected chi connectivity index (χ1v) is 6.65.